The summed E-state index contributed by atoms with van der Waals surface area (Å²) in [6.07, 6.45) is 0. The molecule has 3 aromatic rings. The molecule has 0 aliphatic carbocycles. The van der Waals surface area contributed by atoms with Crippen molar-refractivity contribution in [3.63, 3.8) is 0 Å². The zero-order chi connectivity index (χ0) is 16.2. The Bertz CT molecular complexity index is 827. The Kier molecular flexibility index (Phi) is 4.27. The monoisotopic (exact) mass is 310 g/mol. The molecular formula is C17H18N4O2. The van der Waals surface area contributed by atoms with E-state index in [0.29, 0.717) is 24.6 Å². The second kappa shape index (κ2) is 6.51. The lowest BCUT2D eigenvalue weighted by molar-refractivity contribution is 0.0949. The number of nitrogens with two attached hydrogens (primary N) is 2. The first kappa shape index (κ1) is 15.1. The summed E-state index contributed by atoms with van der Waals surface area (Å²) in [7, 11) is 0. The Balaban J connectivity index is 2.18. The van der Waals surface area contributed by atoms with E-state index in [-0.39, 0.29) is 5.91 Å². The lowest BCUT2D eigenvalue weighted by atomic mass is 10.0. The average molecular weight is 310 g/mol. The molecule has 0 atom stereocenters. The molecule has 0 fully saturated rings. The number of H-pyrrole nitrogens is 1. The van der Waals surface area contributed by atoms with Gasteiger partial charge in [-0.1, -0.05) is 30.3 Å². The minimum atomic E-state index is -0.384. The molecule has 0 saturated carbocycles. The maximum Gasteiger partial charge on any atom is 0.281 e. The number of aromatic amines is 1. The van der Waals surface area contributed by atoms with Crippen LogP contribution in [0.2, 0.25) is 0 Å². The number of nitrogens with one attached hydrogen (secondary N) is 2. The van der Waals surface area contributed by atoms with E-state index in [9.17, 15) is 4.79 Å². The van der Waals surface area contributed by atoms with Crippen molar-refractivity contribution in [1.82, 2.24) is 10.4 Å². The molecule has 6 N–H and O–H groups in total. The highest BCUT2D eigenvalue weighted by atomic mass is 16.5. The summed E-state index contributed by atoms with van der Waals surface area (Å²) >= 11 is 0. The molecule has 1 heterocycles. The molecule has 0 aliphatic heterocycles. The molecule has 1 aromatic heterocycles. The van der Waals surface area contributed by atoms with Gasteiger partial charge in [-0.3, -0.25) is 10.2 Å². The second-order valence-corrected chi connectivity index (χ2v) is 5.06. The summed E-state index contributed by atoms with van der Waals surface area (Å²) in [6, 6.07) is 15.5. The van der Waals surface area contributed by atoms with E-state index in [2.05, 4.69) is 10.4 Å². The summed E-state index contributed by atoms with van der Waals surface area (Å²) in [5, 5.41) is 0.818. The normalized spacial score (nSPS) is 10.7. The van der Waals surface area contributed by atoms with E-state index in [0.717, 1.165) is 22.0 Å². The van der Waals surface area contributed by atoms with Crippen molar-refractivity contribution in [1.29, 1.82) is 0 Å². The predicted molar refractivity (Wildman–Crippen MR) is 89.9 cm³/mol. The molecule has 0 unspecified atom stereocenters. The first-order valence-electron chi connectivity index (χ1n) is 7.29. The van der Waals surface area contributed by atoms with Crippen molar-refractivity contribution in [2.45, 2.75) is 0 Å². The smallest absolute Gasteiger partial charge is 0.281 e. The Morgan fingerprint density at radius 3 is 2.65 bits per heavy atom. The largest absolute Gasteiger partial charge is 0.492 e. The Morgan fingerprint density at radius 1 is 1.17 bits per heavy atom. The van der Waals surface area contributed by atoms with Crippen LogP contribution in [0.1, 0.15) is 10.5 Å². The van der Waals surface area contributed by atoms with Gasteiger partial charge in [-0.05, 0) is 23.8 Å². The molecule has 0 radical (unpaired) electrons. The van der Waals surface area contributed by atoms with Gasteiger partial charge in [0.1, 0.15) is 18.1 Å². The van der Waals surface area contributed by atoms with E-state index < -0.39 is 0 Å². The lowest BCUT2D eigenvalue weighted by Gasteiger charge is -2.09. The van der Waals surface area contributed by atoms with Crippen molar-refractivity contribution >= 4 is 16.8 Å². The van der Waals surface area contributed by atoms with Gasteiger partial charge in [0.05, 0.1) is 5.52 Å². The number of fused-ring (bicyclic) bond motifs is 1. The quantitative estimate of drug-likeness (QED) is 0.327. The highest BCUT2D eigenvalue weighted by Crippen LogP contribution is 2.34. The van der Waals surface area contributed by atoms with E-state index in [4.69, 9.17) is 16.3 Å². The van der Waals surface area contributed by atoms with Crippen molar-refractivity contribution in [3.05, 3.63) is 54.2 Å². The Morgan fingerprint density at radius 2 is 1.96 bits per heavy atom. The predicted octanol–water partition coefficient (Wildman–Crippen LogP) is 1.78. The van der Waals surface area contributed by atoms with E-state index in [1.54, 1.807) is 6.07 Å². The molecule has 0 aliphatic rings. The minimum absolute atomic E-state index is 0.378. The maximum absolute atomic E-state index is 11.8. The van der Waals surface area contributed by atoms with Crippen LogP contribution >= 0.6 is 0 Å². The number of carbonyl (C=O) groups is 1. The third-order valence-electron chi connectivity index (χ3n) is 3.59. The fourth-order valence-electron chi connectivity index (χ4n) is 2.55. The van der Waals surface area contributed by atoms with Gasteiger partial charge in [0.2, 0.25) is 0 Å². The van der Waals surface area contributed by atoms with Crippen LogP contribution in [0.4, 0.5) is 0 Å². The first-order valence-corrected chi connectivity index (χ1v) is 7.29. The van der Waals surface area contributed by atoms with Crippen LogP contribution in [0, 0.1) is 0 Å². The summed E-state index contributed by atoms with van der Waals surface area (Å²) in [4.78, 5) is 15.0. The number of hydrazine groups is 1. The standard InChI is InChI=1S/C17H18N4O2/c18-8-9-23-15-7-6-12(11-4-2-1-3-5-11)16-13(15)10-14(20-16)17(22)21-19/h1-7,10,20H,8-9,18-19H2,(H,21,22). The number of amides is 1. The van der Waals surface area contributed by atoms with Gasteiger partial charge in [0.15, 0.2) is 0 Å². The van der Waals surface area contributed by atoms with Crippen LogP contribution in [0.15, 0.2) is 48.5 Å². The highest BCUT2D eigenvalue weighted by molar-refractivity contribution is 6.04. The zero-order valence-electron chi connectivity index (χ0n) is 12.5. The van der Waals surface area contributed by atoms with Gasteiger partial charge < -0.3 is 15.5 Å². The van der Waals surface area contributed by atoms with Crippen molar-refractivity contribution in [2.24, 2.45) is 11.6 Å². The van der Waals surface area contributed by atoms with E-state index in [1.807, 2.05) is 42.5 Å². The fraction of sp³-hybridized carbons (Fsp3) is 0.118. The van der Waals surface area contributed by atoms with Crippen molar-refractivity contribution in [3.8, 4) is 16.9 Å². The number of nitrogen functional groups attached to an aromatic ring is 1. The average Bonchev–Trinajstić information content (AvgIpc) is 3.05. The van der Waals surface area contributed by atoms with Gasteiger partial charge in [0.25, 0.3) is 5.91 Å². The molecular weight excluding hydrogens is 292 g/mol. The van der Waals surface area contributed by atoms with Gasteiger partial charge in [0, 0.05) is 17.5 Å². The molecule has 6 heteroatoms. The molecule has 0 saturated heterocycles. The molecule has 23 heavy (non-hydrogen) atoms. The Hall–Kier alpha value is -2.83. The molecule has 6 nitrogen and oxygen atoms in total. The summed E-state index contributed by atoms with van der Waals surface area (Å²) in [6.45, 7) is 0.825. The van der Waals surface area contributed by atoms with Crippen LogP contribution in [-0.2, 0) is 0 Å². The van der Waals surface area contributed by atoms with Crippen molar-refractivity contribution in [2.75, 3.05) is 13.2 Å². The molecule has 118 valence electrons. The number of hydrogen-bond acceptors (Lipinski definition) is 4. The number of hydrogen-bond donors (Lipinski definition) is 4. The Labute approximate surface area is 133 Å². The van der Waals surface area contributed by atoms with Crippen LogP contribution in [0.3, 0.4) is 0 Å². The number of ether oxygens (including phenoxy) is 1. The molecule has 0 spiro atoms. The topological polar surface area (TPSA) is 106 Å². The van der Waals surface area contributed by atoms with E-state index >= 15 is 0 Å². The minimum Gasteiger partial charge on any atom is -0.492 e. The first-order chi connectivity index (χ1) is 11.2. The second-order valence-electron chi connectivity index (χ2n) is 5.06. The van der Waals surface area contributed by atoms with Crippen LogP contribution < -0.4 is 21.7 Å². The number of rotatable bonds is 5. The lowest BCUT2D eigenvalue weighted by Crippen LogP contribution is -2.30. The molecule has 3 rings (SSSR count). The van der Waals surface area contributed by atoms with Crippen LogP contribution in [-0.4, -0.2) is 24.0 Å². The summed E-state index contributed by atoms with van der Waals surface area (Å²) < 4.78 is 5.68. The SMILES string of the molecule is NCCOc1ccc(-c2ccccc2)c2[nH]c(C(=O)NN)cc12. The maximum atomic E-state index is 11.8. The van der Waals surface area contributed by atoms with Gasteiger partial charge in [-0.25, -0.2) is 5.84 Å². The van der Waals surface area contributed by atoms with Crippen molar-refractivity contribution < 1.29 is 9.53 Å². The summed E-state index contributed by atoms with van der Waals surface area (Å²) in [5.41, 5.74) is 10.9. The van der Waals surface area contributed by atoms with E-state index in [1.165, 1.54) is 0 Å². The summed E-state index contributed by atoms with van der Waals surface area (Å²) in [5.74, 6) is 5.52. The van der Waals surface area contributed by atoms with Crippen LogP contribution in [0.5, 0.6) is 5.75 Å². The zero-order valence-corrected chi connectivity index (χ0v) is 12.5. The molecule has 2 aromatic carbocycles. The van der Waals surface area contributed by atoms with Gasteiger partial charge in [-0.15, -0.1) is 0 Å². The molecule has 0 bridgehead atoms. The third kappa shape index (κ3) is 2.90. The molecule has 1 amide bonds. The number of benzene rings is 2. The van der Waals surface area contributed by atoms with Gasteiger partial charge in [-0.2, -0.15) is 0 Å². The highest BCUT2D eigenvalue weighted by Gasteiger charge is 2.15. The van der Waals surface area contributed by atoms with Crippen LogP contribution in [0.25, 0.3) is 22.0 Å². The number of aromatic nitrogens is 1. The fourth-order valence-corrected chi connectivity index (χ4v) is 2.55. The number of carbonyl (C=O) groups excluding carboxylic acids is 1. The van der Waals surface area contributed by atoms with Gasteiger partial charge >= 0.3 is 0 Å². The third-order valence-corrected chi connectivity index (χ3v) is 3.59.